The number of rotatable bonds is 5. The molecule has 0 bridgehead atoms. The van der Waals surface area contributed by atoms with Gasteiger partial charge >= 0.3 is 11.9 Å². The summed E-state index contributed by atoms with van der Waals surface area (Å²) in [5.41, 5.74) is 1.47. The third-order valence-electron chi connectivity index (χ3n) is 7.89. The summed E-state index contributed by atoms with van der Waals surface area (Å²) < 4.78 is 47.0. The number of halogens is 4. The van der Waals surface area contributed by atoms with E-state index in [2.05, 4.69) is 40.9 Å². The summed E-state index contributed by atoms with van der Waals surface area (Å²) in [6, 6.07) is 0.0689. The Morgan fingerprint density at radius 3 is 2.65 bits per heavy atom. The van der Waals surface area contributed by atoms with Crippen molar-refractivity contribution in [3.05, 3.63) is 34.0 Å². The van der Waals surface area contributed by atoms with Gasteiger partial charge in [-0.15, -0.1) is 12.3 Å². The number of likely N-dealkylation sites (tertiary alicyclic amines) is 1. The Hall–Kier alpha value is -3.63. The van der Waals surface area contributed by atoms with Gasteiger partial charge in [-0.05, 0) is 50.5 Å². The summed E-state index contributed by atoms with van der Waals surface area (Å²) in [5, 5.41) is 7.31. The third-order valence-corrected chi connectivity index (χ3v) is 8.09. The number of hydrogen-bond donors (Lipinski definition) is 2. The van der Waals surface area contributed by atoms with Gasteiger partial charge in [0.15, 0.2) is 12.1 Å². The van der Waals surface area contributed by atoms with Crippen molar-refractivity contribution in [1.29, 1.82) is 0 Å². The van der Waals surface area contributed by atoms with E-state index in [0.29, 0.717) is 40.8 Å². The van der Waals surface area contributed by atoms with E-state index in [0.717, 1.165) is 25.7 Å². The molecular weight excluding hydrogens is 549 g/mol. The Morgan fingerprint density at radius 1 is 1.18 bits per heavy atom. The molecule has 6 rings (SSSR count). The number of H-pyrrole nitrogens is 1. The molecule has 0 amide bonds. The van der Waals surface area contributed by atoms with Gasteiger partial charge in [0, 0.05) is 37.0 Å². The van der Waals surface area contributed by atoms with Crippen molar-refractivity contribution < 1.29 is 17.7 Å². The predicted octanol–water partition coefficient (Wildman–Crippen LogP) is 4.52. The van der Waals surface area contributed by atoms with Crippen LogP contribution in [0.1, 0.15) is 38.5 Å². The van der Waals surface area contributed by atoms with Crippen LogP contribution in [-0.4, -0.2) is 61.6 Å². The summed E-state index contributed by atoms with van der Waals surface area (Å²) in [4.78, 5) is 30.9. The normalized spacial score (nSPS) is 25.0. The van der Waals surface area contributed by atoms with Gasteiger partial charge in [-0.2, -0.15) is 13.2 Å². The highest BCUT2D eigenvalue weighted by molar-refractivity contribution is 6.30. The predicted molar refractivity (Wildman–Crippen MR) is 141 cm³/mol. The molecule has 210 valence electrons. The average Bonchev–Trinajstić information content (AvgIpc) is 3.67. The maximum atomic E-state index is 14.1. The van der Waals surface area contributed by atoms with E-state index in [9.17, 15) is 18.0 Å². The lowest BCUT2D eigenvalue weighted by Gasteiger charge is -2.40. The monoisotopic (exact) mass is 574 g/mol. The molecule has 10 nitrogen and oxygen atoms in total. The highest BCUT2D eigenvalue weighted by Crippen LogP contribution is 2.46. The Bertz CT molecular complexity index is 1490. The topological polar surface area (TPSA) is 116 Å². The fourth-order valence-corrected chi connectivity index (χ4v) is 6.17. The first-order valence-electron chi connectivity index (χ1n) is 13.1. The minimum atomic E-state index is -4.39. The molecule has 1 saturated heterocycles. The minimum absolute atomic E-state index is 0.0113. The number of hydrogen-bond acceptors (Lipinski definition) is 9. The zero-order chi connectivity index (χ0) is 28.0. The van der Waals surface area contributed by atoms with Crippen molar-refractivity contribution in [2.45, 2.75) is 57.0 Å². The van der Waals surface area contributed by atoms with Crippen LogP contribution in [0.15, 0.2) is 27.8 Å². The van der Waals surface area contributed by atoms with Gasteiger partial charge in [0.2, 0.25) is 11.6 Å². The first-order valence-corrected chi connectivity index (χ1v) is 13.5. The number of pyridine rings is 1. The summed E-state index contributed by atoms with van der Waals surface area (Å²) in [6.45, 7) is 0.745. The van der Waals surface area contributed by atoms with E-state index in [-0.39, 0.29) is 36.5 Å². The maximum absolute atomic E-state index is 14.1. The fourth-order valence-electron chi connectivity index (χ4n) is 6.00. The molecule has 3 aliphatic rings. The lowest BCUT2D eigenvalue weighted by atomic mass is 9.82. The van der Waals surface area contributed by atoms with Crippen LogP contribution in [0.5, 0.6) is 0 Å². The fraction of sp³-hybridized carbons (Fsp3) is 0.500. The molecule has 0 aromatic carbocycles. The molecule has 0 radical (unpaired) electrons. The first-order chi connectivity index (χ1) is 19.2. The van der Waals surface area contributed by atoms with Crippen molar-refractivity contribution in [3.63, 3.8) is 0 Å². The molecule has 2 N–H and O–H groups in total. The van der Waals surface area contributed by atoms with E-state index in [1.54, 1.807) is 12.3 Å². The zero-order valence-electron chi connectivity index (χ0n) is 21.3. The molecule has 3 aromatic rings. The lowest BCUT2D eigenvalue weighted by molar-refractivity contribution is -0.179. The van der Waals surface area contributed by atoms with Crippen molar-refractivity contribution in [2.24, 2.45) is 11.8 Å². The second-order valence-electron chi connectivity index (χ2n) is 10.4. The Labute approximate surface area is 232 Å². The van der Waals surface area contributed by atoms with E-state index in [4.69, 9.17) is 18.0 Å². The van der Waals surface area contributed by atoms with E-state index in [1.807, 2.05) is 4.90 Å². The molecule has 2 aliphatic heterocycles. The van der Waals surface area contributed by atoms with Crippen molar-refractivity contribution in [2.75, 3.05) is 23.3 Å². The van der Waals surface area contributed by atoms with Crippen LogP contribution in [0.4, 0.5) is 24.7 Å². The van der Waals surface area contributed by atoms with Gasteiger partial charge in [-0.25, -0.2) is 14.8 Å². The van der Waals surface area contributed by atoms with Gasteiger partial charge in [0.25, 0.3) is 0 Å². The number of aromatic nitrogens is 5. The SMILES string of the molecule is C#CC1CCC(CN2c3c(nc(-c4noc(=O)[nH]4)nc3-c3cncc(Cl)c3)NC2N2CCCC2C(F)(F)F)CC1. The zero-order valence-corrected chi connectivity index (χ0v) is 22.0. The van der Waals surface area contributed by atoms with Crippen molar-refractivity contribution >= 4 is 23.1 Å². The van der Waals surface area contributed by atoms with Gasteiger partial charge in [0.05, 0.1) is 5.02 Å². The number of terminal acetylenes is 1. The Balaban J connectivity index is 1.47. The Morgan fingerprint density at radius 2 is 1.98 bits per heavy atom. The summed E-state index contributed by atoms with van der Waals surface area (Å²) in [6.07, 6.45) is 7.39. The average molecular weight is 575 g/mol. The largest absolute Gasteiger partial charge is 0.439 e. The molecule has 2 unspecified atom stereocenters. The molecule has 1 saturated carbocycles. The van der Waals surface area contributed by atoms with Crippen LogP contribution >= 0.6 is 11.6 Å². The molecule has 2 atom stereocenters. The molecule has 2 fully saturated rings. The molecule has 3 aromatic heterocycles. The number of nitrogens with one attached hydrogen (secondary N) is 2. The summed E-state index contributed by atoms with van der Waals surface area (Å²) in [7, 11) is 0. The first kappa shape index (κ1) is 26.6. The van der Waals surface area contributed by atoms with Crippen molar-refractivity contribution in [3.8, 4) is 35.2 Å². The standard InChI is InChI=1S/C26H26ClF3N8O2/c1-2-14-5-7-15(8-6-14)13-38-20-19(16-10-17(27)12-31-11-16)32-22(23-35-25(39)40-36-23)33-21(20)34-24(38)37-9-3-4-18(37)26(28,29)30/h1,10-12,14-15,18,24H,3-9,13H2,(H,32,33,34)(H,35,36,39). The van der Waals surface area contributed by atoms with Crippen LogP contribution in [0.25, 0.3) is 22.9 Å². The smallest absolute Gasteiger partial charge is 0.336 e. The van der Waals surface area contributed by atoms with E-state index in [1.165, 1.54) is 11.1 Å². The van der Waals surface area contributed by atoms with Crippen LogP contribution in [0, 0.1) is 24.2 Å². The van der Waals surface area contributed by atoms with Crippen LogP contribution < -0.4 is 16.0 Å². The molecule has 5 heterocycles. The molecule has 0 spiro atoms. The highest BCUT2D eigenvalue weighted by Gasteiger charge is 2.51. The minimum Gasteiger partial charge on any atom is -0.336 e. The van der Waals surface area contributed by atoms with Gasteiger partial charge in [-0.3, -0.25) is 19.4 Å². The summed E-state index contributed by atoms with van der Waals surface area (Å²) in [5.74, 6) is 2.82. The van der Waals surface area contributed by atoms with Gasteiger partial charge < -0.3 is 10.2 Å². The van der Waals surface area contributed by atoms with E-state index >= 15 is 0 Å². The van der Waals surface area contributed by atoms with Crippen LogP contribution in [0.2, 0.25) is 5.02 Å². The van der Waals surface area contributed by atoms with Crippen LogP contribution in [0.3, 0.4) is 0 Å². The molecule has 1 aliphatic carbocycles. The Kier molecular flexibility index (Phi) is 6.92. The third kappa shape index (κ3) is 5.01. The van der Waals surface area contributed by atoms with E-state index < -0.39 is 24.3 Å². The van der Waals surface area contributed by atoms with Crippen molar-refractivity contribution in [1.82, 2.24) is 30.0 Å². The molecular formula is C26H26ClF3N8O2. The number of aromatic amines is 1. The van der Waals surface area contributed by atoms with Gasteiger partial charge in [-0.1, -0.05) is 16.8 Å². The number of anilines is 2. The second kappa shape index (κ2) is 10.4. The number of fused-ring (bicyclic) bond motifs is 1. The summed E-state index contributed by atoms with van der Waals surface area (Å²) >= 11 is 6.27. The number of alkyl halides is 3. The lowest BCUT2D eigenvalue weighted by Crippen LogP contribution is -2.56. The quantitative estimate of drug-likeness (QED) is 0.424. The molecule has 40 heavy (non-hydrogen) atoms. The second-order valence-corrected chi connectivity index (χ2v) is 10.9. The highest BCUT2D eigenvalue weighted by atomic mass is 35.5. The molecule has 14 heteroatoms. The number of nitrogens with zero attached hydrogens (tertiary/aromatic N) is 6. The van der Waals surface area contributed by atoms with Crippen LogP contribution in [-0.2, 0) is 0 Å². The maximum Gasteiger partial charge on any atom is 0.439 e. The van der Waals surface area contributed by atoms with Gasteiger partial charge in [0.1, 0.15) is 17.4 Å².